The monoisotopic (exact) mass is 254 g/mol. The van der Waals surface area contributed by atoms with Crippen molar-refractivity contribution >= 4 is 6.03 Å². The molecule has 1 fully saturated rings. The second-order valence-electron chi connectivity index (χ2n) is 4.41. The molecule has 1 rings (SSSR count). The number of nitrogens with one attached hydrogen (secondary N) is 1. The number of aliphatic hydroxyl groups excluding tert-OH is 1. The Morgan fingerprint density at radius 2 is 2.00 bits per heavy atom. The van der Waals surface area contributed by atoms with Crippen LogP contribution < -0.4 is 5.32 Å². The van der Waals surface area contributed by atoms with Crippen LogP contribution in [-0.4, -0.2) is 48.0 Å². The van der Waals surface area contributed by atoms with E-state index in [1.165, 1.54) is 4.90 Å². The lowest BCUT2D eigenvalue weighted by Gasteiger charge is -2.30. The molecule has 0 aromatic rings. The van der Waals surface area contributed by atoms with E-state index in [9.17, 15) is 18.0 Å². The van der Waals surface area contributed by atoms with Crippen LogP contribution in [0.2, 0.25) is 0 Å². The van der Waals surface area contributed by atoms with Gasteiger partial charge in [0.25, 0.3) is 0 Å². The quantitative estimate of drug-likeness (QED) is 0.781. The van der Waals surface area contributed by atoms with Crippen molar-refractivity contribution in [2.45, 2.75) is 32.0 Å². The van der Waals surface area contributed by atoms with Crippen molar-refractivity contribution in [2.24, 2.45) is 5.92 Å². The van der Waals surface area contributed by atoms with Gasteiger partial charge in [0.15, 0.2) is 6.10 Å². The van der Waals surface area contributed by atoms with Gasteiger partial charge in [-0.15, -0.1) is 0 Å². The lowest BCUT2D eigenvalue weighted by molar-refractivity contribution is -0.201. The van der Waals surface area contributed by atoms with Crippen molar-refractivity contribution in [3.63, 3.8) is 0 Å². The van der Waals surface area contributed by atoms with Crippen LogP contribution in [0.15, 0.2) is 0 Å². The van der Waals surface area contributed by atoms with Crippen LogP contribution in [0.4, 0.5) is 18.0 Å². The fraction of sp³-hybridized carbons (Fsp3) is 0.900. The van der Waals surface area contributed by atoms with E-state index in [1.54, 1.807) is 0 Å². The first-order valence-electron chi connectivity index (χ1n) is 5.58. The summed E-state index contributed by atoms with van der Waals surface area (Å²) < 4.78 is 35.9. The molecule has 0 spiro atoms. The highest BCUT2D eigenvalue weighted by molar-refractivity contribution is 5.74. The number of alkyl halides is 3. The van der Waals surface area contributed by atoms with Gasteiger partial charge in [-0.25, -0.2) is 4.79 Å². The molecule has 0 aliphatic carbocycles. The summed E-state index contributed by atoms with van der Waals surface area (Å²) in [6.07, 6.45) is -5.48. The number of urea groups is 1. The van der Waals surface area contributed by atoms with Crippen LogP contribution in [0.5, 0.6) is 0 Å². The average Bonchev–Trinajstić information content (AvgIpc) is 2.25. The summed E-state index contributed by atoms with van der Waals surface area (Å²) >= 11 is 0. The molecule has 2 N–H and O–H groups in total. The molecule has 1 aliphatic rings. The van der Waals surface area contributed by atoms with Gasteiger partial charge >= 0.3 is 12.2 Å². The van der Waals surface area contributed by atoms with E-state index in [2.05, 4.69) is 12.2 Å². The summed E-state index contributed by atoms with van der Waals surface area (Å²) in [7, 11) is 0. The molecule has 0 aromatic carbocycles. The zero-order valence-corrected chi connectivity index (χ0v) is 9.63. The molecule has 17 heavy (non-hydrogen) atoms. The number of carbonyl (C=O) groups is 1. The third-order valence-electron chi connectivity index (χ3n) is 2.90. The molecule has 0 aromatic heterocycles. The minimum absolute atomic E-state index is 0.541. The fourth-order valence-electron chi connectivity index (χ4n) is 1.62. The Morgan fingerprint density at radius 3 is 2.47 bits per heavy atom. The molecule has 1 unspecified atom stereocenters. The van der Waals surface area contributed by atoms with Gasteiger partial charge in [0.1, 0.15) is 0 Å². The Kier molecular flexibility index (Phi) is 4.62. The Labute approximate surface area is 97.8 Å². The highest BCUT2D eigenvalue weighted by Crippen LogP contribution is 2.19. The van der Waals surface area contributed by atoms with Gasteiger partial charge in [-0.2, -0.15) is 13.2 Å². The molecule has 1 heterocycles. The van der Waals surface area contributed by atoms with Crippen molar-refractivity contribution in [3.05, 3.63) is 0 Å². The van der Waals surface area contributed by atoms with Crippen LogP contribution in [0, 0.1) is 5.92 Å². The molecule has 1 aliphatic heterocycles. The minimum atomic E-state index is -4.69. The first-order valence-corrected chi connectivity index (χ1v) is 5.58. The predicted octanol–water partition coefficient (Wildman–Crippen LogP) is 1.35. The third kappa shape index (κ3) is 4.41. The molecule has 2 amide bonds. The zero-order valence-electron chi connectivity index (χ0n) is 9.63. The van der Waals surface area contributed by atoms with Gasteiger partial charge in [-0.3, -0.25) is 0 Å². The van der Waals surface area contributed by atoms with Crippen molar-refractivity contribution in [1.29, 1.82) is 0 Å². The van der Waals surface area contributed by atoms with Gasteiger partial charge in [0, 0.05) is 13.1 Å². The minimum Gasteiger partial charge on any atom is -0.382 e. The second-order valence-corrected chi connectivity index (χ2v) is 4.41. The van der Waals surface area contributed by atoms with Crippen LogP contribution in [0.3, 0.4) is 0 Å². The maximum atomic E-state index is 12.0. The van der Waals surface area contributed by atoms with Gasteiger partial charge < -0.3 is 15.3 Å². The first-order chi connectivity index (χ1) is 7.80. The third-order valence-corrected chi connectivity index (χ3v) is 2.90. The lowest BCUT2D eigenvalue weighted by Crippen LogP contribution is -2.48. The number of hydrogen-bond acceptors (Lipinski definition) is 2. The Bertz CT molecular complexity index is 263. The molecule has 4 nitrogen and oxygen atoms in total. The summed E-state index contributed by atoms with van der Waals surface area (Å²) in [5.41, 5.74) is 0. The van der Waals surface area contributed by atoms with E-state index in [-0.39, 0.29) is 0 Å². The second kappa shape index (κ2) is 5.57. The van der Waals surface area contributed by atoms with Crippen molar-refractivity contribution in [2.75, 3.05) is 19.6 Å². The van der Waals surface area contributed by atoms with Gasteiger partial charge in [0.05, 0.1) is 6.54 Å². The maximum Gasteiger partial charge on any atom is 0.416 e. The molecular formula is C10H17F3N2O2. The molecule has 1 saturated heterocycles. The lowest BCUT2D eigenvalue weighted by atomic mass is 10.00. The highest BCUT2D eigenvalue weighted by atomic mass is 19.4. The molecule has 7 heteroatoms. The van der Waals surface area contributed by atoms with E-state index < -0.39 is 24.9 Å². The van der Waals surface area contributed by atoms with Crippen molar-refractivity contribution < 1.29 is 23.1 Å². The fourth-order valence-corrected chi connectivity index (χ4v) is 1.62. The predicted molar refractivity (Wildman–Crippen MR) is 55.4 cm³/mol. The highest BCUT2D eigenvalue weighted by Gasteiger charge is 2.38. The molecular weight excluding hydrogens is 237 g/mol. The number of hydrogen-bond donors (Lipinski definition) is 2. The number of halogens is 3. The molecule has 0 saturated carbocycles. The molecule has 0 bridgehead atoms. The molecule has 0 radical (unpaired) electrons. The van der Waals surface area contributed by atoms with Gasteiger partial charge in [-0.1, -0.05) is 6.92 Å². The van der Waals surface area contributed by atoms with E-state index >= 15 is 0 Å². The zero-order chi connectivity index (χ0) is 13.1. The summed E-state index contributed by atoms with van der Waals surface area (Å²) in [4.78, 5) is 12.9. The summed E-state index contributed by atoms with van der Waals surface area (Å²) in [5.74, 6) is 0.541. The van der Waals surface area contributed by atoms with Crippen molar-refractivity contribution in [1.82, 2.24) is 10.2 Å². The standard InChI is InChI=1S/C10H17F3N2O2/c1-7-2-4-15(5-3-7)9(17)14-6-8(16)10(11,12)13/h7-8,16H,2-6H2,1H3,(H,14,17). The number of piperidine rings is 1. The topological polar surface area (TPSA) is 52.6 Å². The van der Waals surface area contributed by atoms with E-state index in [0.717, 1.165) is 12.8 Å². The number of nitrogens with zero attached hydrogens (tertiary/aromatic N) is 1. The van der Waals surface area contributed by atoms with Crippen LogP contribution in [0.25, 0.3) is 0 Å². The average molecular weight is 254 g/mol. The van der Waals surface area contributed by atoms with Gasteiger partial charge in [0.2, 0.25) is 0 Å². The van der Waals surface area contributed by atoms with Crippen LogP contribution in [-0.2, 0) is 0 Å². The molecule has 100 valence electrons. The number of likely N-dealkylation sites (tertiary alicyclic amines) is 1. The maximum absolute atomic E-state index is 12.0. The van der Waals surface area contributed by atoms with Gasteiger partial charge in [-0.05, 0) is 18.8 Å². The number of aliphatic hydroxyl groups is 1. The van der Waals surface area contributed by atoms with Crippen LogP contribution >= 0.6 is 0 Å². The summed E-state index contributed by atoms with van der Waals surface area (Å²) in [5, 5.41) is 10.8. The Hall–Kier alpha value is -0.980. The first kappa shape index (κ1) is 14.1. The number of rotatable bonds is 2. The Balaban J connectivity index is 2.30. The number of carbonyl (C=O) groups excluding carboxylic acids is 1. The van der Waals surface area contributed by atoms with Crippen LogP contribution in [0.1, 0.15) is 19.8 Å². The SMILES string of the molecule is CC1CCN(C(=O)NCC(O)C(F)(F)F)CC1. The summed E-state index contributed by atoms with van der Waals surface area (Å²) in [6.45, 7) is 2.38. The normalized spacial score (nSPS) is 20.2. The van der Waals surface area contributed by atoms with E-state index in [4.69, 9.17) is 5.11 Å². The largest absolute Gasteiger partial charge is 0.416 e. The number of amides is 2. The van der Waals surface area contributed by atoms with E-state index in [0.29, 0.717) is 19.0 Å². The van der Waals surface area contributed by atoms with Crippen molar-refractivity contribution in [3.8, 4) is 0 Å². The Morgan fingerprint density at radius 1 is 1.47 bits per heavy atom. The molecule has 1 atom stereocenters. The smallest absolute Gasteiger partial charge is 0.382 e. The summed E-state index contributed by atoms with van der Waals surface area (Å²) in [6, 6.07) is -0.541. The van der Waals surface area contributed by atoms with E-state index in [1.807, 2.05) is 0 Å².